The molecular formula is C16H19ClN4O3S. The lowest BCUT2D eigenvalue weighted by Gasteiger charge is -2.26. The number of aromatic nitrogens is 2. The Bertz CT molecular complexity index is 835. The van der Waals surface area contributed by atoms with Gasteiger partial charge in [-0.05, 0) is 24.3 Å². The number of hydrogen-bond acceptors (Lipinski definition) is 5. The van der Waals surface area contributed by atoms with Crippen molar-refractivity contribution in [2.45, 2.75) is 0 Å². The summed E-state index contributed by atoms with van der Waals surface area (Å²) in [7, 11) is -2.87. The molecule has 0 bridgehead atoms. The van der Waals surface area contributed by atoms with Crippen molar-refractivity contribution in [3.8, 4) is 5.69 Å². The third-order valence-corrected chi connectivity index (χ3v) is 5.95. The molecule has 0 spiro atoms. The molecule has 1 aromatic carbocycles. The van der Waals surface area contributed by atoms with Gasteiger partial charge in [0.05, 0.1) is 29.0 Å². The van der Waals surface area contributed by atoms with Gasteiger partial charge >= 0.3 is 0 Å². The maximum atomic E-state index is 12.2. The number of carbonyl (C=O) groups excluding carboxylic acids is 1. The molecule has 0 saturated carbocycles. The lowest BCUT2D eigenvalue weighted by atomic mass is 10.3. The maximum absolute atomic E-state index is 12.2. The van der Waals surface area contributed by atoms with E-state index in [4.69, 9.17) is 11.6 Å². The van der Waals surface area contributed by atoms with E-state index < -0.39 is 9.84 Å². The molecule has 2 heterocycles. The average Bonchev–Trinajstić information content (AvgIpc) is 3.07. The molecule has 1 amide bonds. The van der Waals surface area contributed by atoms with Crippen LogP contribution in [0.1, 0.15) is 10.4 Å². The first-order valence-corrected chi connectivity index (χ1v) is 10.1. The summed E-state index contributed by atoms with van der Waals surface area (Å²) in [4.78, 5) is 14.2. The first kappa shape index (κ1) is 17.9. The van der Waals surface area contributed by atoms with Crippen molar-refractivity contribution < 1.29 is 13.2 Å². The van der Waals surface area contributed by atoms with Crippen LogP contribution < -0.4 is 5.32 Å². The molecule has 0 unspecified atom stereocenters. The Labute approximate surface area is 151 Å². The molecule has 1 aliphatic rings. The smallest absolute Gasteiger partial charge is 0.254 e. The highest BCUT2D eigenvalue weighted by molar-refractivity contribution is 7.91. The summed E-state index contributed by atoms with van der Waals surface area (Å²) in [6.45, 7) is 2.14. The van der Waals surface area contributed by atoms with Gasteiger partial charge in [-0.25, -0.2) is 13.1 Å². The highest BCUT2D eigenvalue weighted by Crippen LogP contribution is 2.13. The minimum absolute atomic E-state index is 0.189. The zero-order chi connectivity index (χ0) is 17.9. The standard InChI is InChI=1S/C16H19ClN4O3S/c17-14-1-3-15(4-2-14)21-12-13(11-19-21)16(22)18-5-6-20-7-9-25(23,24)10-8-20/h1-4,11-12H,5-10H2,(H,18,22). The summed E-state index contributed by atoms with van der Waals surface area (Å²) < 4.78 is 24.4. The lowest BCUT2D eigenvalue weighted by Crippen LogP contribution is -2.43. The molecule has 0 atom stereocenters. The topological polar surface area (TPSA) is 84.3 Å². The average molecular weight is 383 g/mol. The summed E-state index contributed by atoms with van der Waals surface area (Å²) in [5.74, 6) is 0.175. The molecule has 25 heavy (non-hydrogen) atoms. The van der Waals surface area contributed by atoms with Crippen LogP contribution in [0, 0.1) is 0 Å². The van der Waals surface area contributed by atoms with Crippen LogP contribution in [0.4, 0.5) is 0 Å². The van der Waals surface area contributed by atoms with Gasteiger partial charge in [0.2, 0.25) is 0 Å². The zero-order valence-corrected chi connectivity index (χ0v) is 15.1. The molecule has 134 valence electrons. The van der Waals surface area contributed by atoms with Gasteiger partial charge in [0.1, 0.15) is 0 Å². The molecule has 0 aliphatic carbocycles. The van der Waals surface area contributed by atoms with E-state index in [-0.39, 0.29) is 17.4 Å². The number of benzene rings is 1. The molecule has 2 aromatic rings. The third kappa shape index (κ3) is 4.81. The molecule has 1 aliphatic heterocycles. The fraction of sp³-hybridized carbons (Fsp3) is 0.375. The second kappa shape index (κ2) is 7.55. The minimum Gasteiger partial charge on any atom is -0.351 e. The van der Waals surface area contributed by atoms with Gasteiger partial charge in [-0.2, -0.15) is 5.10 Å². The Balaban J connectivity index is 1.50. The predicted molar refractivity (Wildman–Crippen MR) is 96.0 cm³/mol. The molecule has 0 radical (unpaired) electrons. The second-order valence-electron chi connectivity index (χ2n) is 5.90. The van der Waals surface area contributed by atoms with E-state index in [9.17, 15) is 13.2 Å². The van der Waals surface area contributed by atoms with Crippen molar-refractivity contribution in [3.05, 3.63) is 47.2 Å². The number of sulfone groups is 1. The SMILES string of the molecule is O=C(NCCN1CCS(=O)(=O)CC1)c1cnn(-c2ccc(Cl)cc2)c1. The Kier molecular flexibility index (Phi) is 5.41. The second-order valence-corrected chi connectivity index (χ2v) is 8.64. The van der Waals surface area contributed by atoms with E-state index in [2.05, 4.69) is 10.4 Å². The van der Waals surface area contributed by atoms with E-state index >= 15 is 0 Å². The molecular weight excluding hydrogens is 364 g/mol. The summed E-state index contributed by atoms with van der Waals surface area (Å²) in [6.07, 6.45) is 3.17. The molecule has 7 nitrogen and oxygen atoms in total. The minimum atomic E-state index is -2.87. The highest BCUT2D eigenvalue weighted by atomic mass is 35.5. The number of nitrogens with zero attached hydrogens (tertiary/aromatic N) is 3. The van der Waals surface area contributed by atoms with Crippen LogP contribution in [-0.2, 0) is 9.84 Å². The van der Waals surface area contributed by atoms with Gasteiger partial charge in [-0.3, -0.25) is 9.69 Å². The van der Waals surface area contributed by atoms with Crippen LogP contribution in [0.25, 0.3) is 5.69 Å². The fourth-order valence-corrected chi connectivity index (χ4v) is 3.98. The zero-order valence-electron chi connectivity index (χ0n) is 13.6. The van der Waals surface area contributed by atoms with Crippen molar-refractivity contribution in [2.75, 3.05) is 37.7 Å². The van der Waals surface area contributed by atoms with Crippen LogP contribution in [0.3, 0.4) is 0 Å². The Hall–Kier alpha value is -1.90. The summed E-state index contributed by atoms with van der Waals surface area (Å²) in [6, 6.07) is 7.16. The third-order valence-electron chi connectivity index (χ3n) is 4.09. The first-order chi connectivity index (χ1) is 11.9. The normalized spacial score (nSPS) is 17.3. The quantitative estimate of drug-likeness (QED) is 0.833. The number of nitrogens with one attached hydrogen (secondary N) is 1. The van der Waals surface area contributed by atoms with Gasteiger partial charge in [0.15, 0.2) is 9.84 Å². The van der Waals surface area contributed by atoms with Gasteiger partial charge in [-0.1, -0.05) is 11.6 Å². The molecule has 1 fully saturated rings. The number of carbonyl (C=O) groups is 1. The summed E-state index contributed by atoms with van der Waals surface area (Å²) in [5, 5.41) is 7.66. The largest absolute Gasteiger partial charge is 0.351 e. The van der Waals surface area contributed by atoms with Gasteiger partial charge in [0.25, 0.3) is 5.91 Å². The van der Waals surface area contributed by atoms with Crippen molar-refractivity contribution in [2.24, 2.45) is 0 Å². The van der Waals surface area contributed by atoms with Crippen LogP contribution in [0.5, 0.6) is 0 Å². The summed E-state index contributed by atoms with van der Waals surface area (Å²) in [5.41, 5.74) is 1.29. The fourth-order valence-electron chi connectivity index (χ4n) is 2.58. The maximum Gasteiger partial charge on any atom is 0.254 e. The molecule has 1 saturated heterocycles. The van der Waals surface area contributed by atoms with E-state index in [1.807, 2.05) is 17.0 Å². The molecule has 9 heteroatoms. The molecule has 3 rings (SSSR count). The predicted octanol–water partition coefficient (Wildman–Crippen LogP) is 0.986. The van der Waals surface area contributed by atoms with E-state index in [1.54, 1.807) is 23.0 Å². The first-order valence-electron chi connectivity index (χ1n) is 7.94. The monoisotopic (exact) mass is 382 g/mol. The number of rotatable bonds is 5. The van der Waals surface area contributed by atoms with E-state index in [0.29, 0.717) is 36.8 Å². The van der Waals surface area contributed by atoms with Gasteiger partial charge in [0, 0.05) is 37.4 Å². The van der Waals surface area contributed by atoms with Gasteiger partial charge in [-0.15, -0.1) is 0 Å². The molecule has 1 N–H and O–H groups in total. The number of amides is 1. The lowest BCUT2D eigenvalue weighted by molar-refractivity contribution is 0.0948. The Morgan fingerprint density at radius 3 is 2.56 bits per heavy atom. The van der Waals surface area contributed by atoms with Crippen LogP contribution in [-0.4, -0.2) is 66.7 Å². The highest BCUT2D eigenvalue weighted by Gasteiger charge is 2.21. The number of halogens is 1. The van der Waals surface area contributed by atoms with Crippen LogP contribution in [0.2, 0.25) is 5.02 Å². The summed E-state index contributed by atoms with van der Waals surface area (Å²) >= 11 is 5.86. The van der Waals surface area contributed by atoms with Gasteiger partial charge < -0.3 is 5.32 Å². The van der Waals surface area contributed by atoms with Crippen molar-refractivity contribution >= 4 is 27.3 Å². The Morgan fingerprint density at radius 2 is 1.88 bits per heavy atom. The van der Waals surface area contributed by atoms with E-state index in [0.717, 1.165) is 5.69 Å². The van der Waals surface area contributed by atoms with Crippen molar-refractivity contribution in [1.82, 2.24) is 20.0 Å². The van der Waals surface area contributed by atoms with Crippen LogP contribution in [0.15, 0.2) is 36.7 Å². The van der Waals surface area contributed by atoms with Crippen molar-refractivity contribution in [3.63, 3.8) is 0 Å². The van der Waals surface area contributed by atoms with Crippen LogP contribution >= 0.6 is 11.6 Å². The van der Waals surface area contributed by atoms with Crippen molar-refractivity contribution in [1.29, 1.82) is 0 Å². The van der Waals surface area contributed by atoms with E-state index in [1.165, 1.54) is 6.20 Å². The molecule has 1 aromatic heterocycles. The Morgan fingerprint density at radius 1 is 1.20 bits per heavy atom. The number of hydrogen-bond donors (Lipinski definition) is 1.